The molecule has 0 radical (unpaired) electrons. The zero-order chi connectivity index (χ0) is 17.5. The number of methoxy groups -OCH3 is 1. The summed E-state index contributed by atoms with van der Waals surface area (Å²) in [4.78, 5) is 36.3. The van der Waals surface area contributed by atoms with Gasteiger partial charge < -0.3 is 10.1 Å². The second-order valence-corrected chi connectivity index (χ2v) is 7.25. The first-order valence-corrected chi connectivity index (χ1v) is 8.05. The van der Waals surface area contributed by atoms with Gasteiger partial charge in [-0.2, -0.15) is 0 Å². The van der Waals surface area contributed by atoms with Crippen LogP contribution < -0.4 is 5.32 Å². The van der Waals surface area contributed by atoms with Gasteiger partial charge in [0.05, 0.1) is 12.7 Å². The second kappa shape index (κ2) is 5.89. The van der Waals surface area contributed by atoms with Crippen molar-refractivity contribution in [2.75, 3.05) is 7.11 Å². The molecule has 1 aromatic rings. The molecule has 1 aliphatic carbocycles. The summed E-state index contributed by atoms with van der Waals surface area (Å²) >= 11 is 0. The van der Waals surface area contributed by atoms with Gasteiger partial charge in [0, 0.05) is 30.0 Å². The zero-order valence-electron chi connectivity index (χ0n) is 14.1. The number of rotatable bonds is 2. The molecule has 0 spiro atoms. The van der Waals surface area contributed by atoms with E-state index in [0.717, 1.165) is 16.8 Å². The van der Waals surface area contributed by atoms with Crippen LogP contribution in [-0.4, -0.2) is 24.8 Å². The zero-order valence-corrected chi connectivity index (χ0v) is 14.1. The Morgan fingerprint density at radius 3 is 2.46 bits per heavy atom. The minimum absolute atomic E-state index is 0.0682. The number of allylic oxidation sites excluding steroid dienone is 2. The van der Waals surface area contributed by atoms with E-state index in [0.29, 0.717) is 18.4 Å². The molecule has 3 rings (SSSR count). The molecule has 0 saturated heterocycles. The Kier molecular flexibility index (Phi) is 4.03. The SMILES string of the molecule is COC(=O)c1ccc(C2CC(=O)NC3=C2C(=O)CC(C)(C)C3)cc1. The van der Waals surface area contributed by atoms with Gasteiger partial charge in [0.15, 0.2) is 5.78 Å². The number of hydrogen-bond acceptors (Lipinski definition) is 4. The standard InChI is InChI=1S/C19H21NO4/c1-19(2)9-14-17(15(21)10-19)13(8-16(22)20-14)11-4-6-12(7-5-11)18(23)24-3/h4-7,13H,8-10H2,1-3H3,(H,20,22). The van der Waals surface area contributed by atoms with Gasteiger partial charge in [-0.3, -0.25) is 9.59 Å². The molecule has 2 aliphatic rings. The fraction of sp³-hybridized carbons (Fsp3) is 0.421. The van der Waals surface area contributed by atoms with Crippen LogP contribution in [-0.2, 0) is 14.3 Å². The molecule has 1 N–H and O–H groups in total. The summed E-state index contributed by atoms with van der Waals surface area (Å²) in [5.41, 5.74) is 2.67. The largest absolute Gasteiger partial charge is 0.465 e. The van der Waals surface area contributed by atoms with Crippen LogP contribution >= 0.6 is 0 Å². The number of benzene rings is 1. The van der Waals surface area contributed by atoms with Crippen LogP contribution in [0, 0.1) is 5.41 Å². The van der Waals surface area contributed by atoms with Crippen molar-refractivity contribution >= 4 is 17.7 Å². The minimum atomic E-state index is -0.404. The van der Waals surface area contributed by atoms with E-state index >= 15 is 0 Å². The number of carbonyl (C=O) groups is 3. The average Bonchev–Trinajstić information content (AvgIpc) is 2.51. The van der Waals surface area contributed by atoms with Gasteiger partial charge in [0.2, 0.25) is 5.91 Å². The van der Waals surface area contributed by atoms with Crippen molar-refractivity contribution in [3.63, 3.8) is 0 Å². The van der Waals surface area contributed by atoms with Crippen LogP contribution in [0.25, 0.3) is 0 Å². The summed E-state index contributed by atoms with van der Waals surface area (Å²) in [6.45, 7) is 4.07. The lowest BCUT2D eigenvalue weighted by Gasteiger charge is -2.37. The smallest absolute Gasteiger partial charge is 0.337 e. The van der Waals surface area contributed by atoms with E-state index in [1.807, 2.05) is 13.8 Å². The van der Waals surface area contributed by atoms with E-state index in [1.165, 1.54) is 7.11 Å². The van der Waals surface area contributed by atoms with E-state index in [2.05, 4.69) is 5.32 Å². The van der Waals surface area contributed by atoms with E-state index in [1.54, 1.807) is 24.3 Å². The maximum atomic E-state index is 12.7. The van der Waals surface area contributed by atoms with E-state index in [-0.39, 0.29) is 29.4 Å². The van der Waals surface area contributed by atoms with Gasteiger partial charge in [-0.25, -0.2) is 4.79 Å². The maximum Gasteiger partial charge on any atom is 0.337 e. The molecule has 1 atom stereocenters. The number of carbonyl (C=O) groups excluding carboxylic acids is 3. The van der Waals surface area contributed by atoms with Crippen molar-refractivity contribution in [3.8, 4) is 0 Å². The quantitative estimate of drug-likeness (QED) is 0.848. The van der Waals surface area contributed by atoms with E-state index in [9.17, 15) is 14.4 Å². The molecule has 126 valence electrons. The third-order valence-corrected chi connectivity index (χ3v) is 4.68. The number of hydrogen-bond donors (Lipinski definition) is 1. The van der Waals surface area contributed by atoms with E-state index in [4.69, 9.17) is 4.74 Å². The van der Waals surface area contributed by atoms with Crippen LogP contribution in [0.1, 0.15) is 54.9 Å². The van der Waals surface area contributed by atoms with Crippen LogP contribution in [0.2, 0.25) is 0 Å². The first-order valence-electron chi connectivity index (χ1n) is 8.05. The summed E-state index contributed by atoms with van der Waals surface area (Å²) in [5, 5.41) is 2.89. The van der Waals surface area contributed by atoms with Crippen molar-refractivity contribution in [2.24, 2.45) is 5.41 Å². The molecule has 1 aromatic carbocycles. The van der Waals surface area contributed by atoms with Gasteiger partial charge in [-0.05, 0) is 29.5 Å². The molecule has 1 unspecified atom stereocenters. The lowest BCUT2D eigenvalue weighted by Crippen LogP contribution is -2.40. The summed E-state index contributed by atoms with van der Waals surface area (Å²) in [6.07, 6.45) is 1.43. The first-order chi connectivity index (χ1) is 11.3. The number of esters is 1. The predicted molar refractivity (Wildman–Crippen MR) is 88.3 cm³/mol. The van der Waals surface area contributed by atoms with Gasteiger partial charge >= 0.3 is 5.97 Å². The third-order valence-electron chi connectivity index (χ3n) is 4.68. The minimum Gasteiger partial charge on any atom is -0.465 e. The Hall–Kier alpha value is -2.43. The molecule has 0 aromatic heterocycles. The second-order valence-electron chi connectivity index (χ2n) is 7.25. The summed E-state index contributed by atoms with van der Waals surface area (Å²) in [7, 11) is 1.33. The molecule has 1 aliphatic heterocycles. The van der Waals surface area contributed by atoms with Crippen LogP contribution in [0.15, 0.2) is 35.5 Å². The van der Waals surface area contributed by atoms with Gasteiger partial charge in [-0.15, -0.1) is 0 Å². The molecule has 0 fully saturated rings. The topological polar surface area (TPSA) is 72.5 Å². The Morgan fingerprint density at radius 2 is 1.83 bits per heavy atom. The van der Waals surface area contributed by atoms with Gasteiger partial charge in [0.1, 0.15) is 0 Å². The average molecular weight is 327 g/mol. The molecule has 5 heteroatoms. The lowest BCUT2D eigenvalue weighted by atomic mass is 9.70. The number of ether oxygens (including phenoxy) is 1. The van der Waals surface area contributed by atoms with Crippen LogP contribution in [0.3, 0.4) is 0 Å². The van der Waals surface area contributed by atoms with Crippen molar-refractivity contribution in [2.45, 2.75) is 39.0 Å². The predicted octanol–water partition coefficient (Wildman–Crippen LogP) is 2.72. The van der Waals surface area contributed by atoms with Gasteiger partial charge in [-0.1, -0.05) is 26.0 Å². The highest BCUT2D eigenvalue weighted by atomic mass is 16.5. The Morgan fingerprint density at radius 1 is 1.17 bits per heavy atom. The number of ketones is 1. The summed E-state index contributed by atoms with van der Waals surface area (Å²) < 4.78 is 4.70. The molecule has 1 heterocycles. The van der Waals surface area contributed by atoms with Crippen LogP contribution in [0.5, 0.6) is 0 Å². The lowest BCUT2D eigenvalue weighted by molar-refractivity contribution is -0.122. The number of nitrogens with one attached hydrogen (secondary N) is 1. The number of Topliss-reactive ketones (excluding diaryl/α,β-unsaturated/α-hetero) is 1. The van der Waals surface area contributed by atoms with Gasteiger partial charge in [0.25, 0.3) is 0 Å². The van der Waals surface area contributed by atoms with Crippen molar-refractivity contribution in [1.29, 1.82) is 0 Å². The summed E-state index contributed by atoms with van der Waals surface area (Å²) in [5.74, 6) is -0.619. The monoisotopic (exact) mass is 327 g/mol. The van der Waals surface area contributed by atoms with Crippen LogP contribution in [0.4, 0.5) is 0 Å². The first kappa shape index (κ1) is 16.4. The molecule has 0 bridgehead atoms. The van der Waals surface area contributed by atoms with Crippen molar-refractivity contribution in [1.82, 2.24) is 5.32 Å². The van der Waals surface area contributed by atoms with Crippen molar-refractivity contribution in [3.05, 3.63) is 46.7 Å². The fourth-order valence-corrected chi connectivity index (χ4v) is 3.61. The summed E-state index contributed by atoms with van der Waals surface area (Å²) in [6, 6.07) is 6.94. The number of amides is 1. The molecular weight excluding hydrogens is 306 g/mol. The van der Waals surface area contributed by atoms with E-state index < -0.39 is 5.97 Å². The molecule has 0 saturated carbocycles. The normalized spacial score (nSPS) is 22.7. The maximum absolute atomic E-state index is 12.7. The van der Waals surface area contributed by atoms with Crippen molar-refractivity contribution < 1.29 is 19.1 Å². The Balaban J connectivity index is 1.99. The molecular formula is C19H21NO4. The highest BCUT2D eigenvalue weighted by molar-refractivity contribution is 6.02. The third kappa shape index (κ3) is 2.98. The molecule has 24 heavy (non-hydrogen) atoms. The fourth-order valence-electron chi connectivity index (χ4n) is 3.61. The highest BCUT2D eigenvalue weighted by Crippen LogP contribution is 2.43. The highest BCUT2D eigenvalue weighted by Gasteiger charge is 2.40. The Labute approximate surface area is 141 Å². The molecule has 5 nitrogen and oxygen atoms in total. The molecule has 1 amide bonds. The Bertz CT molecular complexity index is 743.